The van der Waals surface area contributed by atoms with Crippen LogP contribution in [0.2, 0.25) is 10.2 Å². The van der Waals surface area contributed by atoms with Gasteiger partial charge in [0.05, 0.1) is 11.1 Å². The van der Waals surface area contributed by atoms with Crippen LogP contribution in [0, 0.1) is 0 Å². The molecule has 8 N–H and O–H groups in total. The van der Waals surface area contributed by atoms with Gasteiger partial charge in [-0.05, 0) is 109 Å². The van der Waals surface area contributed by atoms with Crippen molar-refractivity contribution in [1.29, 1.82) is 0 Å². The van der Waals surface area contributed by atoms with E-state index in [0.29, 0.717) is 71.8 Å². The van der Waals surface area contributed by atoms with Crippen LogP contribution < -0.4 is 27.4 Å². The third kappa shape index (κ3) is 10.1. The van der Waals surface area contributed by atoms with Gasteiger partial charge in [-0.3, -0.25) is 14.4 Å². The van der Waals surface area contributed by atoms with E-state index >= 15 is 0 Å². The van der Waals surface area contributed by atoms with E-state index in [2.05, 4.69) is 25.9 Å². The van der Waals surface area contributed by atoms with Crippen LogP contribution in [0.25, 0.3) is 22.0 Å². The number of likely N-dealkylation sites (N-methyl/N-ethyl adjacent to an activating group) is 1. The normalized spacial score (nSPS) is 18.6. The molecule has 3 atom stereocenters. The Kier molecular flexibility index (Phi) is 14.4. The van der Waals surface area contributed by atoms with Crippen LogP contribution in [0.15, 0.2) is 89.2 Å². The fourth-order valence-corrected chi connectivity index (χ4v) is 8.43. The van der Waals surface area contributed by atoms with Gasteiger partial charge in [0.25, 0.3) is 0 Å². The summed E-state index contributed by atoms with van der Waals surface area (Å²) in [7, 11) is 1.62. The topological polar surface area (TPSA) is 184 Å². The molecule has 6 rings (SSSR count). The molecule has 0 saturated heterocycles. The number of carbonyl (C=O) groups excluding carboxylic acids is 3. The maximum absolute atomic E-state index is 14.6. The number of nitrogens with one attached hydrogen (secondary N) is 4. The van der Waals surface area contributed by atoms with Gasteiger partial charge in [0.2, 0.25) is 17.7 Å². The van der Waals surface area contributed by atoms with Gasteiger partial charge < -0.3 is 37.3 Å². The van der Waals surface area contributed by atoms with Crippen molar-refractivity contribution in [2.24, 2.45) is 11.5 Å². The Hall–Kier alpha value is -4.50. The summed E-state index contributed by atoms with van der Waals surface area (Å²) in [5.74, 6) is -1.06. The number of benzene rings is 2. The second kappa shape index (κ2) is 19.6. The number of pyridine rings is 2. The largest absolute Gasteiger partial charge is 0.361 e. The van der Waals surface area contributed by atoms with Crippen LogP contribution in [0.3, 0.4) is 0 Å². The highest BCUT2D eigenvalue weighted by molar-refractivity contribution is 7.99. The predicted octanol–water partition coefficient (Wildman–Crippen LogP) is 5.59. The number of fused-ring (bicyclic) bond motifs is 3. The molecule has 0 bridgehead atoms. The van der Waals surface area contributed by atoms with Gasteiger partial charge in [-0.15, -0.1) is 0 Å². The lowest BCUT2D eigenvalue weighted by atomic mass is 10.0. The number of hydrogen-bond donors (Lipinski definition) is 6. The van der Waals surface area contributed by atoms with Crippen molar-refractivity contribution in [3.63, 3.8) is 0 Å². The first-order valence-corrected chi connectivity index (χ1v) is 20.3. The first-order valence-electron chi connectivity index (χ1n) is 18.8. The predicted molar refractivity (Wildman–Crippen MR) is 222 cm³/mol. The number of carbonyl (C=O) groups is 3. The van der Waals surface area contributed by atoms with Gasteiger partial charge in [-0.2, -0.15) is 0 Å². The molecule has 0 aliphatic carbocycles. The molecule has 1 aliphatic heterocycles. The molecule has 3 unspecified atom stereocenters. The van der Waals surface area contributed by atoms with E-state index in [-0.39, 0.29) is 30.7 Å². The molecule has 5 aromatic rings. The summed E-state index contributed by atoms with van der Waals surface area (Å²) in [6, 6.07) is 16.5. The minimum absolute atomic E-state index is 0.0954. The highest BCUT2D eigenvalue weighted by Gasteiger charge is 2.34. The van der Waals surface area contributed by atoms with Crippen LogP contribution in [-0.2, 0) is 33.9 Å². The maximum atomic E-state index is 14.6. The summed E-state index contributed by atoms with van der Waals surface area (Å²) in [6.07, 6.45) is 8.11. The average molecular weight is 817 g/mol. The van der Waals surface area contributed by atoms with Crippen LogP contribution >= 0.6 is 35.0 Å². The van der Waals surface area contributed by atoms with Crippen molar-refractivity contribution in [3.05, 3.63) is 106 Å². The van der Waals surface area contributed by atoms with Gasteiger partial charge in [0.1, 0.15) is 22.3 Å². The van der Waals surface area contributed by atoms with Crippen molar-refractivity contribution in [2.75, 3.05) is 20.1 Å². The second-order valence-corrected chi connectivity index (χ2v) is 15.6. The number of hydrogen-bond acceptors (Lipinski definition) is 9. The van der Waals surface area contributed by atoms with Crippen molar-refractivity contribution < 1.29 is 14.4 Å². The molecular formula is C41H47Cl2N9O3S. The van der Waals surface area contributed by atoms with Crippen LogP contribution in [0.5, 0.6) is 0 Å². The van der Waals surface area contributed by atoms with Crippen LogP contribution in [0.1, 0.15) is 48.8 Å². The van der Waals surface area contributed by atoms with Crippen molar-refractivity contribution >= 4 is 63.6 Å². The minimum atomic E-state index is -0.936. The summed E-state index contributed by atoms with van der Waals surface area (Å²) in [6.45, 7) is 1.26. The Labute approximate surface area is 340 Å². The monoisotopic (exact) mass is 815 g/mol. The molecule has 0 fully saturated rings. The van der Waals surface area contributed by atoms with E-state index < -0.39 is 18.1 Å². The van der Waals surface area contributed by atoms with Crippen molar-refractivity contribution in [3.8, 4) is 11.1 Å². The van der Waals surface area contributed by atoms with Gasteiger partial charge >= 0.3 is 0 Å². The lowest BCUT2D eigenvalue weighted by Crippen LogP contribution is -2.57. The van der Waals surface area contributed by atoms with Gasteiger partial charge in [-0.25, -0.2) is 9.97 Å². The van der Waals surface area contributed by atoms with Crippen molar-refractivity contribution in [1.82, 2.24) is 35.8 Å². The third-order valence-electron chi connectivity index (χ3n) is 10.0. The average Bonchev–Trinajstić information content (AvgIpc) is 3.61. The number of halogens is 2. The van der Waals surface area contributed by atoms with E-state index in [0.717, 1.165) is 38.7 Å². The van der Waals surface area contributed by atoms with E-state index in [1.807, 2.05) is 60.8 Å². The zero-order chi connectivity index (χ0) is 39.6. The molecule has 15 heteroatoms. The molecule has 0 saturated carbocycles. The molecule has 294 valence electrons. The first-order chi connectivity index (χ1) is 27.2. The van der Waals surface area contributed by atoms with Gasteiger partial charge in [-0.1, -0.05) is 59.2 Å². The number of H-pyrrole nitrogens is 1. The number of rotatable bonds is 10. The molecule has 0 spiro atoms. The summed E-state index contributed by atoms with van der Waals surface area (Å²) < 4.78 is 0. The summed E-state index contributed by atoms with van der Waals surface area (Å²) in [4.78, 5) is 57.4. The van der Waals surface area contributed by atoms with Crippen LogP contribution in [0.4, 0.5) is 0 Å². The summed E-state index contributed by atoms with van der Waals surface area (Å²) >= 11 is 14.8. The molecule has 56 heavy (non-hydrogen) atoms. The Morgan fingerprint density at radius 3 is 2.45 bits per heavy atom. The molecule has 0 radical (unpaired) electrons. The highest BCUT2D eigenvalue weighted by Crippen LogP contribution is 2.40. The smallest absolute Gasteiger partial charge is 0.245 e. The fourth-order valence-electron chi connectivity index (χ4n) is 6.91. The number of nitrogens with zero attached hydrogens (tertiary/aromatic N) is 3. The number of para-hydroxylation sites is 1. The second-order valence-electron chi connectivity index (χ2n) is 13.8. The molecule has 4 heterocycles. The third-order valence-corrected chi connectivity index (χ3v) is 11.9. The summed E-state index contributed by atoms with van der Waals surface area (Å²) in [5, 5.41) is 12.0. The number of unbranched alkanes of at least 4 members (excludes halogenated alkanes) is 1. The Balaban J connectivity index is 1.45. The molecule has 3 amide bonds. The Bertz CT molecular complexity index is 2170. The molecule has 12 nitrogen and oxygen atoms in total. The van der Waals surface area contributed by atoms with Gasteiger partial charge in [0, 0.05) is 60.9 Å². The Morgan fingerprint density at radius 2 is 1.64 bits per heavy atom. The van der Waals surface area contributed by atoms with E-state index in [1.54, 1.807) is 25.5 Å². The fraction of sp³-hybridized carbons (Fsp3) is 0.341. The summed E-state index contributed by atoms with van der Waals surface area (Å²) in [5.41, 5.74) is 16.7. The molecule has 1 aliphatic rings. The Morgan fingerprint density at radius 1 is 0.839 bits per heavy atom. The van der Waals surface area contributed by atoms with E-state index in [4.69, 9.17) is 39.7 Å². The lowest BCUT2D eigenvalue weighted by Gasteiger charge is -2.32. The zero-order valence-electron chi connectivity index (χ0n) is 31.2. The number of aromatic nitrogens is 3. The number of amides is 3. The SMILES string of the molecule is CN1C(=O)C(CCCCN)NC(=O)C(CCCN)NCc2cccnc2Sc2c(Cl)cc(-c3ccnc(Cl)c3)cc2CNC(=O)C1Cc1c[nH]c2ccccc12. The standard InChI is InChI=1S/C41H47Cl2N9O3S/c1-52-35(20-28-23-48-32-10-3-2-9-30(28)32)39(54)50-24-29-18-27(25-13-17-46-36(43)21-25)19-31(42)37(29)56-40-26(8-7-16-47-40)22-49-33(12-6-15-45)38(53)51-34(41(52)55)11-4-5-14-44/h2-3,7-10,13,16-19,21,23,33-35,48-49H,4-6,11-12,14-15,20,22,24,44-45H2,1H3,(H,50,54)(H,51,53). The lowest BCUT2D eigenvalue weighted by molar-refractivity contribution is -0.142. The molecular weight excluding hydrogens is 769 g/mol. The number of aromatic amines is 1. The quantitative estimate of drug-likeness (QED) is 0.0773. The van der Waals surface area contributed by atoms with E-state index in [1.165, 1.54) is 16.7 Å². The maximum Gasteiger partial charge on any atom is 0.245 e. The highest BCUT2D eigenvalue weighted by atomic mass is 35.5. The van der Waals surface area contributed by atoms with Crippen molar-refractivity contribution in [2.45, 2.75) is 79.7 Å². The molecule has 3 aromatic heterocycles. The van der Waals surface area contributed by atoms with Crippen LogP contribution in [-0.4, -0.2) is 75.8 Å². The first kappa shape index (κ1) is 41.1. The zero-order valence-corrected chi connectivity index (χ0v) is 33.5. The van der Waals surface area contributed by atoms with E-state index in [9.17, 15) is 14.4 Å². The minimum Gasteiger partial charge on any atom is -0.361 e. The number of nitrogens with two attached hydrogens (primary N) is 2. The molecule has 2 aromatic carbocycles. The van der Waals surface area contributed by atoms with Gasteiger partial charge in [0.15, 0.2) is 0 Å².